The highest BCUT2D eigenvalue weighted by Crippen LogP contribution is 2.22. The molecule has 0 aliphatic rings. The van der Waals surface area contributed by atoms with Gasteiger partial charge in [0, 0.05) is 17.8 Å². The van der Waals surface area contributed by atoms with E-state index in [4.69, 9.17) is 4.74 Å². The minimum Gasteiger partial charge on any atom is -0.464 e. The van der Waals surface area contributed by atoms with Crippen LogP contribution >= 0.6 is 0 Å². The summed E-state index contributed by atoms with van der Waals surface area (Å²) in [5.41, 5.74) is -0.586. The Balaban J connectivity index is 2.33. The van der Waals surface area contributed by atoms with Crippen LogP contribution in [0, 0.1) is 11.6 Å². The number of aromatic nitrogens is 1. The van der Waals surface area contributed by atoms with E-state index in [2.05, 4.69) is 20.4 Å². The Bertz CT molecular complexity index is 846. The standard InChI is InChI=1S/C18H19F2N3O4/c1-18(2,3)27-17(25)22-13-8-14(16(24)26-4)23-15(9-13)21-12-6-10(19)5-11(20)7-12/h5-9H,1-4H3,(H2,21,22,23,25). The summed E-state index contributed by atoms with van der Waals surface area (Å²) in [5, 5.41) is 5.15. The molecule has 144 valence electrons. The minimum absolute atomic E-state index is 0.0639. The number of rotatable bonds is 4. The molecule has 1 heterocycles. The van der Waals surface area contributed by atoms with Crippen molar-refractivity contribution in [1.82, 2.24) is 4.98 Å². The van der Waals surface area contributed by atoms with Crippen LogP contribution in [0.1, 0.15) is 31.3 Å². The largest absolute Gasteiger partial charge is 0.464 e. The van der Waals surface area contributed by atoms with Crippen LogP contribution in [0.5, 0.6) is 0 Å². The number of carbonyl (C=O) groups excluding carboxylic acids is 2. The molecule has 1 aromatic carbocycles. The normalized spacial score (nSPS) is 10.9. The highest BCUT2D eigenvalue weighted by molar-refractivity contribution is 5.92. The van der Waals surface area contributed by atoms with E-state index in [0.717, 1.165) is 18.2 Å². The Morgan fingerprint density at radius 2 is 1.63 bits per heavy atom. The summed E-state index contributed by atoms with van der Waals surface area (Å²) in [6.07, 6.45) is -0.743. The maximum Gasteiger partial charge on any atom is 0.412 e. The van der Waals surface area contributed by atoms with Gasteiger partial charge in [-0.05, 0) is 39.0 Å². The average Bonchev–Trinajstić information content (AvgIpc) is 2.50. The molecular weight excluding hydrogens is 360 g/mol. The summed E-state index contributed by atoms with van der Waals surface area (Å²) >= 11 is 0. The molecule has 0 spiro atoms. The number of halogens is 2. The number of ether oxygens (including phenoxy) is 2. The van der Waals surface area contributed by atoms with Gasteiger partial charge in [0.25, 0.3) is 0 Å². The van der Waals surface area contributed by atoms with Gasteiger partial charge in [0.15, 0.2) is 5.69 Å². The van der Waals surface area contributed by atoms with Crippen LogP contribution in [0.15, 0.2) is 30.3 Å². The first-order chi connectivity index (χ1) is 12.6. The van der Waals surface area contributed by atoms with Crippen LogP contribution in [0.4, 0.5) is 30.8 Å². The number of esters is 1. The van der Waals surface area contributed by atoms with Gasteiger partial charge in [-0.3, -0.25) is 5.32 Å². The number of carbonyl (C=O) groups is 2. The fourth-order valence-corrected chi connectivity index (χ4v) is 2.07. The maximum absolute atomic E-state index is 13.4. The lowest BCUT2D eigenvalue weighted by atomic mass is 10.2. The van der Waals surface area contributed by atoms with Crippen molar-refractivity contribution in [3.8, 4) is 0 Å². The summed E-state index contributed by atoms with van der Waals surface area (Å²) in [6, 6.07) is 5.48. The molecule has 0 aliphatic carbocycles. The van der Waals surface area contributed by atoms with Gasteiger partial charge in [0.2, 0.25) is 0 Å². The third-order valence-corrected chi connectivity index (χ3v) is 3.00. The predicted octanol–water partition coefficient (Wildman–Crippen LogP) is 4.24. The lowest BCUT2D eigenvalue weighted by Gasteiger charge is -2.20. The van der Waals surface area contributed by atoms with Gasteiger partial charge in [-0.15, -0.1) is 0 Å². The topological polar surface area (TPSA) is 89.5 Å². The second-order valence-electron chi connectivity index (χ2n) is 6.53. The second-order valence-corrected chi connectivity index (χ2v) is 6.53. The second kappa shape index (κ2) is 7.98. The van der Waals surface area contributed by atoms with Crippen molar-refractivity contribution < 1.29 is 27.8 Å². The van der Waals surface area contributed by atoms with Crippen LogP contribution in [0.3, 0.4) is 0 Å². The van der Waals surface area contributed by atoms with E-state index in [1.807, 2.05) is 0 Å². The Morgan fingerprint density at radius 3 is 2.19 bits per heavy atom. The van der Waals surface area contributed by atoms with Crippen molar-refractivity contribution >= 4 is 29.3 Å². The van der Waals surface area contributed by atoms with Crippen LogP contribution in [-0.2, 0) is 9.47 Å². The van der Waals surface area contributed by atoms with Gasteiger partial charge >= 0.3 is 12.1 Å². The van der Waals surface area contributed by atoms with E-state index in [-0.39, 0.29) is 22.9 Å². The fraction of sp³-hybridized carbons (Fsp3) is 0.278. The van der Waals surface area contributed by atoms with Crippen LogP contribution in [0.25, 0.3) is 0 Å². The smallest absolute Gasteiger partial charge is 0.412 e. The molecule has 2 N–H and O–H groups in total. The first-order valence-electron chi connectivity index (χ1n) is 7.89. The lowest BCUT2D eigenvalue weighted by Crippen LogP contribution is -2.27. The zero-order valence-corrected chi connectivity index (χ0v) is 15.2. The van der Waals surface area contributed by atoms with Crippen molar-refractivity contribution in [2.75, 3.05) is 17.7 Å². The maximum atomic E-state index is 13.4. The number of benzene rings is 1. The molecule has 0 atom stereocenters. The number of nitrogens with zero attached hydrogens (tertiary/aromatic N) is 1. The number of amides is 1. The van der Waals surface area contributed by atoms with Gasteiger partial charge in [-0.2, -0.15) is 0 Å². The number of pyridine rings is 1. The first-order valence-corrected chi connectivity index (χ1v) is 7.89. The molecule has 0 bridgehead atoms. The fourth-order valence-electron chi connectivity index (χ4n) is 2.07. The molecule has 1 aromatic heterocycles. The van der Waals surface area contributed by atoms with Gasteiger partial charge in [0.05, 0.1) is 12.8 Å². The third-order valence-electron chi connectivity index (χ3n) is 3.00. The lowest BCUT2D eigenvalue weighted by molar-refractivity contribution is 0.0590. The summed E-state index contributed by atoms with van der Waals surface area (Å²) in [5.74, 6) is -2.26. The Labute approximate surface area is 154 Å². The molecule has 2 rings (SSSR count). The molecule has 1 amide bonds. The Morgan fingerprint density at radius 1 is 1.00 bits per heavy atom. The van der Waals surface area contributed by atoms with Crippen molar-refractivity contribution in [2.24, 2.45) is 0 Å². The quantitative estimate of drug-likeness (QED) is 0.773. The van der Waals surface area contributed by atoms with Crippen LogP contribution in [0.2, 0.25) is 0 Å². The average molecular weight is 379 g/mol. The minimum atomic E-state index is -0.784. The molecule has 0 aliphatic heterocycles. The van der Waals surface area contributed by atoms with Gasteiger partial charge in [0.1, 0.15) is 23.1 Å². The highest BCUT2D eigenvalue weighted by atomic mass is 19.1. The molecule has 27 heavy (non-hydrogen) atoms. The summed E-state index contributed by atoms with van der Waals surface area (Å²) in [4.78, 5) is 27.8. The van der Waals surface area contributed by atoms with E-state index in [0.29, 0.717) is 0 Å². The van der Waals surface area contributed by atoms with Crippen molar-refractivity contribution in [2.45, 2.75) is 26.4 Å². The Kier molecular flexibility index (Phi) is 5.94. The summed E-state index contributed by atoms with van der Waals surface area (Å²) in [6.45, 7) is 5.10. The zero-order chi connectivity index (χ0) is 20.2. The van der Waals surface area contributed by atoms with Crippen molar-refractivity contribution in [1.29, 1.82) is 0 Å². The van der Waals surface area contributed by atoms with E-state index in [9.17, 15) is 18.4 Å². The SMILES string of the molecule is COC(=O)c1cc(NC(=O)OC(C)(C)C)cc(Nc2cc(F)cc(F)c2)n1. The molecular formula is C18H19F2N3O4. The zero-order valence-electron chi connectivity index (χ0n) is 15.2. The molecule has 9 heteroatoms. The molecule has 0 unspecified atom stereocenters. The Hall–Kier alpha value is -3.23. The molecule has 7 nitrogen and oxygen atoms in total. The number of methoxy groups -OCH3 is 1. The van der Waals surface area contributed by atoms with Crippen molar-refractivity contribution in [3.63, 3.8) is 0 Å². The highest BCUT2D eigenvalue weighted by Gasteiger charge is 2.18. The number of hydrogen-bond acceptors (Lipinski definition) is 6. The number of hydrogen-bond donors (Lipinski definition) is 2. The predicted molar refractivity (Wildman–Crippen MR) is 95.1 cm³/mol. The van der Waals surface area contributed by atoms with E-state index < -0.39 is 29.3 Å². The van der Waals surface area contributed by atoms with Gasteiger partial charge in [-0.1, -0.05) is 0 Å². The van der Waals surface area contributed by atoms with Gasteiger partial charge < -0.3 is 14.8 Å². The molecule has 0 fully saturated rings. The van der Waals surface area contributed by atoms with Gasteiger partial charge in [-0.25, -0.2) is 23.4 Å². The van der Waals surface area contributed by atoms with Crippen LogP contribution in [-0.4, -0.2) is 29.8 Å². The molecule has 0 radical (unpaired) electrons. The number of nitrogens with one attached hydrogen (secondary N) is 2. The molecule has 0 saturated carbocycles. The number of anilines is 3. The third kappa shape index (κ3) is 6.21. The monoisotopic (exact) mass is 379 g/mol. The van der Waals surface area contributed by atoms with Crippen LogP contribution < -0.4 is 10.6 Å². The molecule has 0 saturated heterocycles. The van der Waals surface area contributed by atoms with Crippen molar-refractivity contribution in [3.05, 3.63) is 47.7 Å². The summed E-state index contributed by atoms with van der Waals surface area (Å²) in [7, 11) is 1.17. The van der Waals surface area contributed by atoms with E-state index in [1.54, 1.807) is 20.8 Å². The molecule has 2 aromatic rings. The first kappa shape index (κ1) is 20.1. The summed E-state index contributed by atoms with van der Waals surface area (Å²) < 4.78 is 36.5. The van der Waals surface area contributed by atoms with E-state index in [1.165, 1.54) is 19.2 Å². The van der Waals surface area contributed by atoms with E-state index >= 15 is 0 Å².